The van der Waals surface area contributed by atoms with Gasteiger partial charge in [-0.25, -0.2) is 0 Å². The maximum absolute atomic E-state index is 4.74. The molecule has 0 saturated heterocycles. The molecule has 0 aliphatic rings. The summed E-state index contributed by atoms with van der Waals surface area (Å²) in [5.74, 6) is 0. The van der Waals surface area contributed by atoms with Crippen LogP contribution in [-0.4, -0.2) is 7.05 Å². The first-order chi connectivity index (χ1) is 4.43. The van der Waals surface area contributed by atoms with Crippen molar-refractivity contribution in [1.82, 2.24) is 0 Å². The Hall–Kier alpha value is -0.920. The van der Waals surface area contributed by atoms with E-state index in [-0.39, 0.29) is 1.43 Å². The number of rotatable bonds is 1. The predicted molar refractivity (Wildman–Crippen MR) is 41.7 cm³/mol. The van der Waals surface area contributed by atoms with Crippen LogP contribution in [0.3, 0.4) is 0 Å². The van der Waals surface area contributed by atoms with E-state index in [0.717, 1.165) is 5.69 Å². The molecule has 1 aromatic rings. The molecule has 0 atom stereocenters. The Balaban J connectivity index is 0. The summed E-state index contributed by atoms with van der Waals surface area (Å²) in [6.45, 7) is 4.00. The molecule has 2 heteroatoms. The van der Waals surface area contributed by atoms with Gasteiger partial charge in [-0.3, -0.25) is 0 Å². The highest BCUT2D eigenvalue weighted by Crippen LogP contribution is 2.03. The van der Waals surface area contributed by atoms with Crippen LogP contribution in [0.25, 0.3) is 0 Å². The standard InChI is InChI=1S/C5H7NO.C2H6.H2/c1-6-5-2-3-7-4-5;1-2;/h2-4,6H,1H3;1-2H3;1H. The molecular weight excluding hydrogens is 114 g/mol. The van der Waals surface area contributed by atoms with E-state index in [1.807, 2.05) is 27.0 Å². The second-order valence-electron chi connectivity index (χ2n) is 1.26. The van der Waals surface area contributed by atoms with Gasteiger partial charge in [0.15, 0.2) is 0 Å². The molecule has 1 heterocycles. The number of furan rings is 1. The number of nitrogens with one attached hydrogen (secondary N) is 1. The fourth-order valence-electron chi connectivity index (χ4n) is 0.407. The summed E-state index contributed by atoms with van der Waals surface area (Å²) < 4.78 is 4.74. The van der Waals surface area contributed by atoms with Crippen molar-refractivity contribution in [2.75, 3.05) is 12.4 Å². The van der Waals surface area contributed by atoms with Crippen molar-refractivity contribution in [3.8, 4) is 0 Å². The highest BCUT2D eigenvalue weighted by molar-refractivity contribution is 5.37. The second kappa shape index (κ2) is 5.22. The zero-order valence-electron chi connectivity index (χ0n) is 6.14. The van der Waals surface area contributed by atoms with Gasteiger partial charge in [-0.05, 0) is 6.07 Å². The SMILES string of the molecule is CC.CNc1ccoc1.[HH]. The Morgan fingerprint density at radius 3 is 2.44 bits per heavy atom. The van der Waals surface area contributed by atoms with Crippen LogP contribution in [0.15, 0.2) is 23.0 Å². The topological polar surface area (TPSA) is 25.2 Å². The molecule has 0 fully saturated rings. The summed E-state index contributed by atoms with van der Waals surface area (Å²) >= 11 is 0. The van der Waals surface area contributed by atoms with Crippen molar-refractivity contribution in [1.29, 1.82) is 0 Å². The molecule has 0 amide bonds. The van der Waals surface area contributed by atoms with Gasteiger partial charge in [-0.2, -0.15) is 0 Å². The Morgan fingerprint density at radius 1 is 1.56 bits per heavy atom. The van der Waals surface area contributed by atoms with Crippen LogP contribution < -0.4 is 5.32 Å². The second-order valence-corrected chi connectivity index (χ2v) is 1.26. The maximum atomic E-state index is 4.74. The largest absolute Gasteiger partial charge is 0.470 e. The zero-order valence-corrected chi connectivity index (χ0v) is 6.14. The van der Waals surface area contributed by atoms with E-state index in [0.29, 0.717) is 0 Å². The minimum absolute atomic E-state index is 0. The molecule has 54 valence electrons. The van der Waals surface area contributed by atoms with Crippen molar-refractivity contribution in [2.45, 2.75) is 13.8 Å². The Kier molecular flexibility index (Phi) is 4.69. The molecule has 0 unspecified atom stereocenters. The fourth-order valence-corrected chi connectivity index (χ4v) is 0.407. The van der Waals surface area contributed by atoms with Gasteiger partial charge in [0.2, 0.25) is 0 Å². The average molecular weight is 129 g/mol. The van der Waals surface area contributed by atoms with Gasteiger partial charge in [-0.1, -0.05) is 13.8 Å². The Bertz CT molecular complexity index is 128. The van der Waals surface area contributed by atoms with E-state index < -0.39 is 0 Å². The molecule has 0 spiro atoms. The summed E-state index contributed by atoms with van der Waals surface area (Å²) in [7, 11) is 1.85. The first-order valence-electron chi connectivity index (χ1n) is 3.13. The molecule has 1 N–H and O–H groups in total. The molecule has 9 heavy (non-hydrogen) atoms. The third kappa shape index (κ3) is 2.80. The summed E-state index contributed by atoms with van der Waals surface area (Å²) in [6, 6.07) is 1.86. The molecule has 0 bridgehead atoms. The molecule has 2 nitrogen and oxygen atoms in total. The summed E-state index contributed by atoms with van der Waals surface area (Å²) in [6.07, 6.45) is 3.28. The molecule has 0 aliphatic heterocycles. The van der Waals surface area contributed by atoms with E-state index in [4.69, 9.17) is 4.42 Å². The molecule has 0 aliphatic carbocycles. The highest BCUT2D eigenvalue weighted by atomic mass is 16.3. The Morgan fingerprint density at radius 2 is 2.22 bits per heavy atom. The van der Waals surface area contributed by atoms with E-state index >= 15 is 0 Å². The number of hydrogen-bond acceptors (Lipinski definition) is 2. The summed E-state index contributed by atoms with van der Waals surface area (Å²) in [4.78, 5) is 0. The lowest BCUT2D eigenvalue weighted by atomic mass is 10.5. The zero-order chi connectivity index (χ0) is 7.11. The predicted octanol–water partition coefficient (Wildman–Crippen LogP) is 2.59. The van der Waals surface area contributed by atoms with Crippen molar-refractivity contribution in [2.24, 2.45) is 0 Å². The van der Waals surface area contributed by atoms with Crippen molar-refractivity contribution >= 4 is 5.69 Å². The lowest BCUT2D eigenvalue weighted by Crippen LogP contribution is -1.81. The first kappa shape index (κ1) is 8.08. The minimum Gasteiger partial charge on any atom is -0.470 e. The molecule has 0 saturated carbocycles. The normalized spacial score (nSPS) is 7.44. The van der Waals surface area contributed by atoms with Crippen molar-refractivity contribution in [3.63, 3.8) is 0 Å². The van der Waals surface area contributed by atoms with Crippen molar-refractivity contribution < 1.29 is 5.84 Å². The maximum Gasteiger partial charge on any atom is 0.113 e. The van der Waals surface area contributed by atoms with Crippen LogP contribution in [0.1, 0.15) is 15.3 Å². The van der Waals surface area contributed by atoms with E-state index in [1.165, 1.54) is 0 Å². The quantitative estimate of drug-likeness (QED) is 0.630. The highest BCUT2D eigenvalue weighted by Gasteiger charge is 1.82. The van der Waals surface area contributed by atoms with Crippen LogP contribution in [0.2, 0.25) is 0 Å². The van der Waals surface area contributed by atoms with Gasteiger partial charge >= 0.3 is 0 Å². The van der Waals surface area contributed by atoms with Gasteiger partial charge in [0, 0.05) is 8.47 Å². The van der Waals surface area contributed by atoms with E-state index in [1.54, 1.807) is 12.5 Å². The van der Waals surface area contributed by atoms with Gasteiger partial charge in [0.25, 0.3) is 0 Å². The van der Waals surface area contributed by atoms with Gasteiger partial charge < -0.3 is 9.73 Å². The first-order valence-corrected chi connectivity index (χ1v) is 3.13. The van der Waals surface area contributed by atoms with Gasteiger partial charge in [0.05, 0.1) is 12.0 Å². The number of anilines is 1. The monoisotopic (exact) mass is 129 g/mol. The Labute approximate surface area is 57.4 Å². The number of hydrogen-bond donors (Lipinski definition) is 1. The minimum atomic E-state index is 0. The fraction of sp³-hybridized carbons (Fsp3) is 0.429. The van der Waals surface area contributed by atoms with E-state index in [9.17, 15) is 0 Å². The third-order valence-corrected chi connectivity index (χ3v) is 0.810. The summed E-state index contributed by atoms with van der Waals surface area (Å²) in [5, 5.41) is 2.91. The van der Waals surface area contributed by atoms with Gasteiger partial charge in [0.1, 0.15) is 6.26 Å². The van der Waals surface area contributed by atoms with Crippen LogP contribution in [0, 0.1) is 0 Å². The lowest BCUT2D eigenvalue weighted by Gasteiger charge is -1.84. The third-order valence-electron chi connectivity index (χ3n) is 0.810. The molecule has 1 aromatic heterocycles. The van der Waals surface area contributed by atoms with Crippen molar-refractivity contribution in [3.05, 3.63) is 18.6 Å². The molecule has 0 radical (unpaired) electrons. The smallest absolute Gasteiger partial charge is 0.113 e. The lowest BCUT2D eigenvalue weighted by molar-refractivity contribution is 0.568. The summed E-state index contributed by atoms with van der Waals surface area (Å²) in [5.41, 5.74) is 1.01. The molecule has 1 rings (SSSR count). The average Bonchev–Trinajstić information content (AvgIpc) is 2.43. The molecular formula is C7H15NO. The van der Waals surface area contributed by atoms with Gasteiger partial charge in [-0.15, -0.1) is 0 Å². The van der Waals surface area contributed by atoms with E-state index in [2.05, 4.69) is 5.32 Å². The van der Waals surface area contributed by atoms with Crippen LogP contribution in [-0.2, 0) is 0 Å². The van der Waals surface area contributed by atoms with Crippen LogP contribution >= 0.6 is 0 Å². The van der Waals surface area contributed by atoms with Crippen LogP contribution in [0.5, 0.6) is 0 Å². The molecule has 0 aromatic carbocycles. The van der Waals surface area contributed by atoms with Crippen LogP contribution in [0.4, 0.5) is 5.69 Å².